The standard InChI is InChI=1S/C22H31F5OS/c1-2-3-4-5-6-7-16-28-19-12-8-17(9-13-19)21(23,24)22(25,26)18-10-14-20(29-27)15-11-18/h10-11,14-15,17,19H,2-9,12-13,16H2,1H3/t17-,19-. The SMILES string of the molecule is CCCCCCCCO[C@H]1CC[C@H](C(F)(F)C(F)(F)c2ccc(SF)cc2)CC1. The van der Waals surface area contributed by atoms with Crippen molar-refractivity contribution in [3.63, 3.8) is 0 Å². The quantitative estimate of drug-likeness (QED) is 0.240. The lowest BCUT2D eigenvalue weighted by molar-refractivity contribution is -0.250. The molecule has 2 rings (SSSR count). The molecule has 0 atom stereocenters. The number of hydrogen-bond acceptors (Lipinski definition) is 2. The normalized spacial score (nSPS) is 20.8. The molecule has 1 aliphatic carbocycles. The highest BCUT2D eigenvalue weighted by atomic mass is 32.2. The Kier molecular flexibility index (Phi) is 9.73. The predicted octanol–water partition coefficient (Wildman–Crippen LogP) is 8.33. The lowest BCUT2D eigenvalue weighted by atomic mass is 9.79. The van der Waals surface area contributed by atoms with Crippen LogP contribution in [0.2, 0.25) is 0 Å². The third-order valence-corrected chi connectivity index (χ3v) is 6.21. The third kappa shape index (κ3) is 6.58. The molecular formula is C22H31F5OS. The Labute approximate surface area is 175 Å². The van der Waals surface area contributed by atoms with Gasteiger partial charge in [-0.05, 0) is 44.2 Å². The largest absolute Gasteiger partial charge is 0.378 e. The summed E-state index contributed by atoms with van der Waals surface area (Å²) in [5.74, 6) is -9.83. The number of unbranched alkanes of at least 4 members (excludes halogenated alkanes) is 5. The van der Waals surface area contributed by atoms with Crippen LogP contribution < -0.4 is 0 Å². The first-order valence-electron chi connectivity index (χ1n) is 10.6. The van der Waals surface area contributed by atoms with Crippen molar-refractivity contribution >= 4 is 12.1 Å². The number of halogens is 5. The van der Waals surface area contributed by atoms with Crippen molar-refractivity contribution < 1.29 is 26.2 Å². The van der Waals surface area contributed by atoms with Gasteiger partial charge in [0, 0.05) is 23.0 Å². The smallest absolute Gasteiger partial charge is 0.335 e. The summed E-state index contributed by atoms with van der Waals surface area (Å²) < 4.78 is 76.7. The fourth-order valence-corrected chi connectivity index (χ4v) is 4.13. The average Bonchev–Trinajstić information content (AvgIpc) is 2.73. The Morgan fingerprint density at radius 2 is 1.48 bits per heavy atom. The molecule has 1 aromatic carbocycles. The van der Waals surface area contributed by atoms with Crippen LogP contribution in [0.15, 0.2) is 29.2 Å². The Morgan fingerprint density at radius 3 is 2.07 bits per heavy atom. The fraction of sp³-hybridized carbons (Fsp3) is 0.727. The lowest BCUT2D eigenvalue weighted by Crippen LogP contribution is -2.46. The summed E-state index contributed by atoms with van der Waals surface area (Å²) in [5, 5.41) is 0. The topological polar surface area (TPSA) is 9.23 Å². The van der Waals surface area contributed by atoms with Crippen LogP contribution in [0.3, 0.4) is 0 Å². The van der Waals surface area contributed by atoms with E-state index in [1.807, 2.05) is 0 Å². The molecule has 0 aliphatic heterocycles. The van der Waals surface area contributed by atoms with Crippen LogP contribution in [0.4, 0.5) is 21.4 Å². The van der Waals surface area contributed by atoms with Gasteiger partial charge in [0.15, 0.2) is 0 Å². The first kappa shape index (κ1) is 24.4. The summed E-state index contributed by atoms with van der Waals surface area (Å²) in [6, 6.07) is 3.95. The van der Waals surface area contributed by atoms with Gasteiger partial charge in [-0.25, -0.2) is 0 Å². The van der Waals surface area contributed by atoms with Crippen LogP contribution in [0.1, 0.15) is 76.7 Å². The van der Waals surface area contributed by atoms with Crippen LogP contribution in [-0.2, 0) is 10.7 Å². The maximum atomic E-state index is 14.7. The van der Waals surface area contributed by atoms with Gasteiger partial charge < -0.3 is 4.74 Å². The molecule has 0 saturated heterocycles. The number of ether oxygens (including phenoxy) is 1. The molecule has 0 spiro atoms. The predicted molar refractivity (Wildman–Crippen MR) is 107 cm³/mol. The minimum absolute atomic E-state index is 0.0160. The van der Waals surface area contributed by atoms with Crippen LogP contribution in [-0.4, -0.2) is 18.6 Å². The van der Waals surface area contributed by atoms with Crippen molar-refractivity contribution in [2.45, 2.75) is 94.0 Å². The molecule has 1 fully saturated rings. The van der Waals surface area contributed by atoms with Crippen LogP contribution in [0.5, 0.6) is 0 Å². The van der Waals surface area contributed by atoms with Crippen molar-refractivity contribution in [2.24, 2.45) is 5.92 Å². The number of hydrogen-bond donors (Lipinski definition) is 0. The summed E-state index contributed by atoms with van der Waals surface area (Å²) in [6.45, 7) is 2.77. The zero-order valence-electron chi connectivity index (χ0n) is 16.9. The van der Waals surface area contributed by atoms with E-state index in [0.29, 0.717) is 19.4 Å². The van der Waals surface area contributed by atoms with E-state index in [2.05, 4.69) is 6.92 Å². The second kappa shape index (κ2) is 11.5. The molecular weight excluding hydrogens is 407 g/mol. The molecule has 0 unspecified atom stereocenters. The molecule has 1 nitrogen and oxygen atoms in total. The van der Waals surface area contributed by atoms with Gasteiger partial charge in [-0.2, -0.15) is 21.4 Å². The number of alkyl halides is 4. The average molecular weight is 439 g/mol. The molecule has 0 bridgehead atoms. The van der Waals surface area contributed by atoms with Crippen LogP contribution >= 0.6 is 12.1 Å². The summed E-state index contributed by atoms with van der Waals surface area (Å²) >= 11 is -0.110. The minimum atomic E-state index is -4.29. The second-order valence-corrected chi connectivity index (χ2v) is 8.54. The van der Waals surface area contributed by atoms with Gasteiger partial charge in [-0.1, -0.05) is 51.2 Å². The van der Waals surface area contributed by atoms with E-state index >= 15 is 0 Å². The van der Waals surface area contributed by atoms with Crippen molar-refractivity contribution in [3.8, 4) is 0 Å². The molecule has 0 radical (unpaired) electrons. The first-order chi connectivity index (χ1) is 13.8. The van der Waals surface area contributed by atoms with E-state index in [4.69, 9.17) is 4.74 Å². The van der Waals surface area contributed by atoms with Crippen molar-refractivity contribution in [3.05, 3.63) is 29.8 Å². The van der Waals surface area contributed by atoms with Gasteiger partial charge >= 0.3 is 11.8 Å². The van der Waals surface area contributed by atoms with Gasteiger partial charge in [-0.3, -0.25) is 0 Å². The van der Waals surface area contributed by atoms with E-state index in [1.165, 1.54) is 25.7 Å². The molecule has 1 aliphatic rings. The second-order valence-electron chi connectivity index (χ2n) is 7.91. The molecule has 29 heavy (non-hydrogen) atoms. The van der Waals surface area contributed by atoms with Crippen molar-refractivity contribution in [1.82, 2.24) is 0 Å². The Balaban J connectivity index is 1.80. The summed E-state index contributed by atoms with van der Waals surface area (Å²) in [6.07, 6.45) is 7.55. The molecule has 0 amide bonds. The Morgan fingerprint density at radius 1 is 0.897 bits per heavy atom. The summed E-state index contributed by atoms with van der Waals surface area (Å²) in [7, 11) is 0. The first-order valence-corrected chi connectivity index (χ1v) is 11.3. The van der Waals surface area contributed by atoms with Gasteiger partial charge in [-0.15, -0.1) is 0 Å². The van der Waals surface area contributed by atoms with E-state index in [-0.39, 0.29) is 36.0 Å². The maximum absolute atomic E-state index is 14.7. The monoisotopic (exact) mass is 438 g/mol. The third-order valence-electron chi connectivity index (χ3n) is 5.76. The van der Waals surface area contributed by atoms with Crippen LogP contribution in [0.25, 0.3) is 0 Å². The maximum Gasteiger partial charge on any atom is 0.335 e. The zero-order valence-corrected chi connectivity index (χ0v) is 17.8. The van der Waals surface area contributed by atoms with E-state index in [1.54, 1.807) is 0 Å². The highest BCUT2D eigenvalue weighted by molar-refractivity contribution is 7.94. The number of rotatable bonds is 12. The van der Waals surface area contributed by atoms with Crippen molar-refractivity contribution in [1.29, 1.82) is 0 Å². The van der Waals surface area contributed by atoms with Gasteiger partial charge in [0.05, 0.1) is 18.3 Å². The highest BCUT2D eigenvalue weighted by Gasteiger charge is 2.61. The number of benzene rings is 1. The lowest BCUT2D eigenvalue weighted by Gasteiger charge is -2.37. The molecule has 0 N–H and O–H groups in total. The van der Waals surface area contributed by atoms with E-state index < -0.39 is 23.3 Å². The summed E-state index contributed by atoms with van der Waals surface area (Å²) in [5.41, 5.74) is -0.776. The fourth-order valence-electron chi connectivity index (χ4n) is 3.89. The minimum Gasteiger partial charge on any atom is -0.378 e. The van der Waals surface area contributed by atoms with Crippen LogP contribution in [0, 0.1) is 5.92 Å². The van der Waals surface area contributed by atoms with Gasteiger partial charge in [0.2, 0.25) is 0 Å². The summed E-state index contributed by atoms with van der Waals surface area (Å²) in [4.78, 5) is 0.107. The Hall–Kier alpha value is -0.820. The van der Waals surface area contributed by atoms with Gasteiger partial charge in [0.1, 0.15) is 0 Å². The molecule has 7 heteroatoms. The van der Waals surface area contributed by atoms with E-state index in [9.17, 15) is 21.4 Å². The van der Waals surface area contributed by atoms with Gasteiger partial charge in [0.25, 0.3) is 0 Å². The molecule has 0 heterocycles. The highest BCUT2D eigenvalue weighted by Crippen LogP contribution is 2.51. The van der Waals surface area contributed by atoms with Crippen molar-refractivity contribution in [2.75, 3.05) is 6.61 Å². The molecule has 1 saturated carbocycles. The van der Waals surface area contributed by atoms with E-state index in [0.717, 1.165) is 37.1 Å². The molecule has 166 valence electrons. The Bertz CT molecular complexity index is 585. The zero-order chi connectivity index (χ0) is 21.3. The molecule has 0 aromatic heterocycles. The molecule has 1 aromatic rings.